The van der Waals surface area contributed by atoms with Gasteiger partial charge in [0.25, 0.3) is 0 Å². The molecule has 5 heteroatoms. The Balaban J connectivity index is 1.80. The second kappa shape index (κ2) is 9.09. The average Bonchev–Trinajstić information content (AvgIpc) is 2.66. The first-order chi connectivity index (χ1) is 14.1. The summed E-state index contributed by atoms with van der Waals surface area (Å²) in [7, 11) is 0. The molecule has 0 saturated heterocycles. The van der Waals surface area contributed by atoms with Crippen molar-refractivity contribution in [2.75, 3.05) is 0 Å². The van der Waals surface area contributed by atoms with Gasteiger partial charge in [-0.2, -0.15) is 0 Å². The molecule has 166 valence electrons. The van der Waals surface area contributed by atoms with Gasteiger partial charge in [0.2, 0.25) is 0 Å². The maximum Gasteiger partial charge on any atom is 0.313 e. The summed E-state index contributed by atoms with van der Waals surface area (Å²) in [6, 6.07) is 0. The van der Waals surface area contributed by atoms with Gasteiger partial charge < -0.3 is 14.6 Å². The fourth-order valence-electron chi connectivity index (χ4n) is 4.77. The van der Waals surface area contributed by atoms with E-state index in [1.54, 1.807) is 6.08 Å². The summed E-state index contributed by atoms with van der Waals surface area (Å²) in [5, 5.41) is 9.84. The van der Waals surface area contributed by atoms with E-state index in [9.17, 15) is 14.7 Å². The Morgan fingerprint density at radius 2 is 2.03 bits per heavy atom. The van der Waals surface area contributed by atoms with E-state index in [0.29, 0.717) is 24.0 Å². The predicted octanol–water partition coefficient (Wildman–Crippen LogP) is 4.71. The number of aliphatic hydroxyl groups excluding tert-OH is 1. The quantitative estimate of drug-likeness (QED) is 0.635. The molecule has 1 unspecified atom stereocenters. The Morgan fingerprint density at radius 3 is 2.70 bits per heavy atom. The van der Waals surface area contributed by atoms with Crippen molar-refractivity contribution >= 4 is 11.9 Å². The average molecular weight is 417 g/mol. The number of fused-ring (bicyclic) bond motifs is 1. The maximum atomic E-state index is 12.9. The Labute approximate surface area is 180 Å². The van der Waals surface area contributed by atoms with Crippen LogP contribution in [0.25, 0.3) is 0 Å². The molecule has 0 fully saturated rings. The summed E-state index contributed by atoms with van der Waals surface area (Å²) in [4.78, 5) is 24.5. The van der Waals surface area contributed by atoms with Gasteiger partial charge in [0.05, 0.1) is 17.9 Å². The second-order valence-electron chi connectivity index (χ2n) is 9.89. The largest absolute Gasteiger partial charge is 0.461 e. The zero-order valence-electron chi connectivity index (χ0n) is 18.9. The van der Waals surface area contributed by atoms with E-state index >= 15 is 0 Å². The van der Waals surface area contributed by atoms with Crippen molar-refractivity contribution in [1.82, 2.24) is 0 Å². The Bertz CT molecular complexity index is 760. The van der Waals surface area contributed by atoms with Gasteiger partial charge >= 0.3 is 11.9 Å². The molecular formula is C25H36O5. The normalized spacial score (nSPS) is 33.9. The van der Waals surface area contributed by atoms with E-state index in [1.807, 2.05) is 20.8 Å². The molecule has 1 heterocycles. The van der Waals surface area contributed by atoms with Gasteiger partial charge in [-0.3, -0.25) is 9.59 Å². The van der Waals surface area contributed by atoms with Crippen molar-refractivity contribution < 1.29 is 24.2 Å². The van der Waals surface area contributed by atoms with Gasteiger partial charge in [0, 0.05) is 12.3 Å². The van der Waals surface area contributed by atoms with Gasteiger partial charge in [0.1, 0.15) is 11.9 Å². The van der Waals surface area contributed by atoms with E-state index in [4.69, 9.17) is 9.47 Å². The monoisotopic (exact) mass is 416 g/mol. The van der Waals surface area contributed by atoms with Crippen molar-refractivity contribution in [2.45, 2.75) is 78.9 Å². The number of hydrogen-bond donors (Lipinski definition) is 1. The summed E-state index contributed by atoms with van der Waals surface area (Å²) in [5.41, 5.74) is 0.756. The molecule has 0 aromatic rings. The van der Waals surface area contributed by atoms with Gasteiger partial charge in [-0.15, -0.1) is 0 Å². The molecule has 0 aromatic heterocycles. The highest BCUT2D eigenvalue weighted by Crippen LogP contribution is 2.45. The first-order valence-electron chi connectivity index (χ1n) is 11.3. The van der Waals surface area contributed by atoms with Crippen LogP contribution in [0.1, 0.15) is 66.7 Å². The van der Waals surface area contributed by atoms with E-state index in [1.165, 1.54) is 5.57 Å². The van der Waals surface area contributed by atoms with Crippen LogP contribution in [-0.4, -0.2) is 29.3 Å². The van der Waals surface area contributed by atoms with Gasteiger partial charge in [0.15, 0.2) is 0 Å². The van der Waals surface area contributed by atoms with Crippen molar-refractivity contribution in [2.24, 2.45) is 29.1 Å². The minimum absolute atomic E-state index is 0.0186. The van der Waals surface area contributed by atoms with Crippen molar-refractivity contribution in [1.29, 1.82) is 0 Å². The number of allylic oxidation sites excluding steroid dienone is 4. The summed E-state index contributed by atoms with van der Waals surface area (Å²) >= 11 is 0. The summed E-state index contributed by atoms with van der Waals surface area (Å²) < 4.78 is 11.5. The number of carbonyl (C=O) groups excluding carboxylic acids is 2. The molecular weight excluding hydrogens is 380 g/mol. The fourth-order valence-corrected chi connectivity index (χ4v) is 4.77. The van der Waals surface area contributed by atoms with Crippen LogP contribution in [-0.2, 0) is 19.1 Å². The zero-order chi connectivity index (χ0) is 22.1. The molecule has 3 rings (SSSR count). The smallest absolute Gasteiger partial charge is 0.313 e. The molecule has 5 nitrogen and oxygen atoms in total. The highest BCUT2D eigenvalue weighted by Gasteiger charge is 2.42. The summed E-state index contributed by atoms with van der Waals surface area (Å²) in [6.45, 7) is 10.3. The van der Waals surface area contributed by atoms with E-state index in [0.717, 1.165) is 19.3 Å². The first kappa shape index (κ1) is 22.8. The standard InChI is InChI=1S/C25H36O5/c1-6-25(4,5)24(28)30-21-12-15(2)11-17-8-7-16(3)20(23(17)21)10-9-19-13-18(26)14-22(27)29-19/h7-8,11,13,15-16,18,20-21,23,26H,6,9-10,12,14H2,1-5H3/t15-,16+,18-,20+,21-,23?/m1/s1. The Morgan fingerprint density at radius 1 is 1.30 bits per heavy atom. The van der Waals surface area contributed by atoms with Crippen LogP contribution in [0.2, 0.25) is 0 Å². The SMILES string of the molecule is CCC(C)(C)C(=O)O[C@@H]1C[C@H](C)C=C2C=C[C@H](C)[C@H](CCC3=C[C@@H](O)CC(=O)O3)C21. The van der Waals surface area contributed by atoms with Crippen LogP contribution in [0.5, 0.6) is 0 Å². The lowest BCUT2D eigenvalue weighted by molar-refractivity contribution is -0.164. The Hall–Kier alpha value is -1.88. The van der Waals surface area contributed by atoms with E-state index in [2.05, 4.69) is 32.1 Å². The number of aliphatic hydroxyl groups is 1. The number of hydrogen-bond acceptors (Lipinski definition) is 5. The number of ether oxygens (including phenoxy) is 2. The van der Waals surface area contributed by atoms with E-state index in [-0.39, 0.29) is 36.3 Å². The van der Waals surface area contributed by atoms with Crippen molar-refractivity contribution in [3.63, 3.8) is 0 Å². The number of esters is 2. The third-order valence-corrected chi connectivity index (χ3v) is 7.01. The highest BCUT2D eigenvalue weighted by atomic mass is 16.5. The van der Waals surface area contributed by atoms with Crippen LogP contribution in [0.3, 0.4) is 0 Å². The molecule has 0 radical (unpaired) electrons. The number of cyclic esters (lactones) is 1. The third-order valence-electron chi connectivity index (χ3n) is 7.01. The maximum absolute atomic E-state index is 12.9. The van der Waals surface area contributed by atoms with E-state index < -0.39 is 11.5 Å². The van der Waals surface area contributed by atoms with Crippen LogP contribution in [0.4, 0.5) is 0 Å². The molecule has 0 saturated carbocycles. The van der Waals surface area contributed by atoms with Crippen LogP contribution >= 0.6 is 0 Å². The minimum atomic E-state index is -0.763. The van der Waals surface area contributed by atoms with Crippen LogP contribution in [0, 0.1) is 29.1 Å². The van der Waals surface area contributed by atoms with Crippen molar-refractivity contribution in [3.05, 3.63) is 35.6 Å². The number of rotatable bonds is 6. The van der Waals surface area contributed by atoms with Crippen LogP contribution in [0.15, 0.2) is 35.6 Å². The predicted molar refractivity (Wildman–Crippen MR) is 115 cm³/mol. The molecule has 30 heavy (non-hydrogen) atoms. The molecule has 6 atom stereocenters. The topological polar surface area (TPSA) is 72.8 Å². The fraction of sp³-hybridized carbons (Fsp3) is 0.680. The molecule has 1 N–H and O–H groups in total. The molecule has 0 amide bonds. The molecule has 1 aliphatic heterocycles. The van der Waals surface area contributed by atoms with Gasteiger partial charge in [-0.1, -0.05) is 39.0 Å². The summed E-state index contributed by atoms with van der Waals surface area (Å²) in [5.74, 6) is 1.14. The molecule has 0 spiro atoms. The lowest BCUT2D eigenvalue weighted by atomic mass is 9.65. The van der Waals surface area contributed by atoms with Gasteiger partial charge in [-0.25, -0.2) is 0 Å². The first-order valence-corrected chi connectivity index (χ1v) is 11.3. The molecule has 0 aromatic carbocycles. The van der Waals surface area contributed by atoms with Crippen molar-refractivity contribution in [3.8, 4) is 0 Å². The molecule has 2 aliphatic carbocycles. The second-order valence-corrected chi connectivity index (χ2v) is 9.89. The molecule has 0 bridgehead atoms. The Kier molecular flexibility index (Phi) is 6.91. The lowest BCUT2D eigenvalue weighted by Gasteiger charge is -2.43. The minimum Gasteiger partial charge on any atom is -0.461 e. The third kappa shape index (κ3) is 5.05. The summed E-state index contributed by atoms with van der Waals surface area (Å²) in [6.07, 6.45) is 10.4. The lowest BCUT2D eigenvalue weighted by Crippen LogP contribution is -2.42. The van der Waals surface area contributed by atoms with Gasteiger partial charge in [-0.05, 0) is 62.5 Å². The number of carbonyl (C=O) groups is 2. The molecule has 3 aliphatic rings. The zero-order valence-corrected chi connectivity index (χ0v) is 18.9. The van der Waals surface area contributed by atoms with Crippen LogP contribution < -0.4 is 0 Å². The highest BCUT2D eigenvalue weighted by molar-refractivity contribution is 5.76.